The molecule has 0 atom stereocenters. The van der Waals surface area contributed by atoms with Crippen molar-refractivity contribution in [2.45, 2.75) is 13.3 Å². The summed E-state index contributed by atoms with van der Waals surface area (Å²) >= 11 is 0. The zero-order valence-corrected chi connectivity index (χ0v) is 20.8. The molecular formula is C27H24FN5O5. The Bertz CT molecular complexity index is 1730. The molecule has 0 spiro atoms. The van der Waals surface area contributed by atoms with E-state index in [0.29, 0.717) is 56.5 Å². The van der Waals surface area contributed by atoms with Gasteiger partial charge in [-0.05, 0) is 48.4 Å². The van der Waals surface area contributed by atoms with Crippen LogP contribution in [0.2, 0.25) is 0 Å². The van der Waals surface area contributed by atoms with E-state index >= 15 is 0 Å². The molecule has 0 radical (unpaired) electrons. The van der Waals surface area contributed by atoms with Crippen molar-refractivity contribution in [3.8, 4) is 22.6 Å². The van der Waals surface area contributed by atoms with E-state index in [9.17, 15) is 14.0 Å². The highest BCUT2D eigenvalue weighted by atomic mass is 19.1. The highest BCUT2D eigenvalue weighted by Gasteiger charge is 2.16. The highest BCUT2D eigenvalue weighted by molar-refractivity contribution is 5.91. The summed E-state index contributed by atoms with van der Waals surface area (Å²) in [5, 5.41) is 10.2. The van der Waals surface area contributed by atoms with Gasteiger partial charge in [-0.2, -0.15) is 5.10 Å². The van der Waals surface area contributed by atoms with Gasteiger partial charge in [0, 0.05) is 18.1 Å². The molecule has 2 aromatic heterocycles. The van der Waals surface area contributed by atoms with Gasteiger partial charge >= 0.3 is 6.09 Å². The minimum atomic E-state index is -0.621. The van der Waals surface area contributed by atoms with E-state index in [0.717, 1.165) is 5.56 Å². The molecule has 2 heterocycles. The van der Waals surface area contributed by atoms with Crippen molar-refractivity contribution < 1.29 is 23.4 Å². The first-order chi connectivity index (χ1) is 18.4. The Kier molecular flexibility index (Phi) is 6.65. The number of nitrogens with zero attached hydrogens (tertiary/aromatic N) is 2. The number of fused-ring (bicyclic) bond motifs is 2. The van der Waals surface area contributed by atoms with E-state index in [1.807, 2.05) is 0 Å². The molecule has 38 heavy (non-hydrogen) atoms. The summed E-state index contributed by atoms with van der Waals surface area (Å²) < 4.78 is 30.6. The predicted molar refractivity (Wildman–Crippen MR) is 140 cm³/mol. The molecule has 3 N–H and O–H groups in total. The molecule has 0 aliphatic heterocycles. The van der Waals surface area contributed by atoms with Crippen LogP contribution in [0.15, 0.2) is 53.3 Å². The van der Waals surface area contributed by atoms with Gasteiger partial charge < -0.3 is 19.2 Å². The van der Waals surface area contributed by atoms with Crippen molar-refractivity contribution in [2.24, 2.45) is 0 Å². The third kappa shape index (κ3) is 4.73. The normalized spacial score (nSPS) is 11.1. The molecule has 0 aliphatic carbocycles. The Hall–Kier alpha value is -4.93. The zero-order valence-electron chi connectivity index (χ0n) is 20.8. The largest absolute Gasteiger partial charge is 0.497 e. The molecule has 0 unspecified atom stereocenters. The lowest BCUT2D eigenvalue weighted by Gasteiger charge is -2.12. The fourth-order valence-electron chi connectivity index (χ4n) is 4.30. The maximum absolute atomic E-state index is 15.0. The standard InChI is InChI=1S/C27H24FN5O5/c1-4-38-27(35)31-26-29-20-8-6-15(11-21(20)30-26)17-9-14(5-7-19(17)28)10-22-24-18(25(34)33-32-22)12-16(36-2)13-23(24)37-3/h5-9,11-13H,4,10H2,1-3H3,(H,33,34)(H2,29,30,31,35). The number of anilines is 1. The topological polar surface area (TPSA) is 131 Å². The average molecular weight is 518 g/mol. The smallest absolute Gasteiger partial charge is 0.413 e. The third-order valence-electron chi connectivity index (χ3n) is 6.05. The van der Waals surface area contributed by atoms with Crippen LogP contribution in [0.5, 0.6) is 11.5 Å². The van der Waals surface area contributed by atoms with Crippen LogP contribution < -0.4 is 20.3 Å². The number of methoxy groups -OCH3 is 2. The number of carbonyl (C=O) groups is 1. The van der Waals surface area contributed by atoms with Crippen molar-refractivity contribution in [3.63, 3.8) is 0 Å². The first-order valence-corrected chi connectivity index (χ1v) is 11.8. The number of ether oxygens (including phenoxy) is 3. The molecule has 0 saturated carbocycles. The molecule has 0 bridgehead atoms. The van der Waals surface area contributed by atoms with Crippen LogP contribution in [0.3, 0.4) is 0 Å². The molecule has 194 valence electrons. The Morgan fingerprint density at radius 3 is 2.68 bits per heavy atom. The molecular weight excluding hydrogens is 493 g/mol. The first-order valence-electron chi connectivity index (χ1n) is 11.8. The summed E-state index contributed by atoms with van der Waals surface area (Å²) in [5.74, 6) is 0.753. The predicted octanol–water partition coefficient (Wildman–Crippen LogP) is 4.78. The number of rotatable bonds is 7. The number of imidazole rings is 1. The molecule has 0 fully saturated rings. The quantitative estimate of drug-likeness (QED) is 0.283. The SMILES string of the molecule is CCOC(=O)Nc1nc2cc(-c3cc(Cc4n[nH]c(=O)c5cc(OC)cc(OC)c45)ccc3F)ccc2[nH]1. The van der Waals surface area contributed by atoms with Crippen LogP contribution in [0.25, 0.3) is 32.9 Å². The second-order valence-electron chi connectivity index (χ2n) is 8.41. The van der Waals surface area contributed by atoms with Crippen LogP contribution in [0.4, 0.5) is 15.1 Å². The van der Waals surface area contributed by atoms with Crippen molar-refractivity contribution in [3.05, 3.63) is 76.0 Å². The lowest BCUT2D eigenvalue weighted by Crippen LogP contribution is -2.14. The van der Waals surface area contributed by atoms with Crippen molar-refractivity contribution >= 4 is 33.8 Å². The number of aromatic nitrogens is 4. The zero-order chi connectivity index (χ0) is 26.8. The third-order valence-corrected chi connectivity index (χ3v) is 6.05. The van der Waals surface area contributed by atoms with Gasteiger partial charge in [-0.25, -0.2) is 19.3 Å². The number of benzene rings is 3. The van der Waals surface area contributed by atoms with Gasteiger partial charge in [-0.15, -0.1) is 0 Å². The molecule has 0 saturated heterocycles. The summed E-state index contributed by atoms with van der Waals surface area (Å²) in [5.41, 5.74) is 3.16. The monoisotopic (exact) mass is 517 g/mol. The minimum absolute atomic E-state index is 0.228. The molecule has 0 aliphatic rings. The van der Waals surface area contributed by atoms with Crippen molar-refractivity contribution in [1.29, 1.82) is 0 Å². The molecule has 3 aromatic carbocycles. The van der Waals surface area contributed by atoms with Crippen LogP contribution >= 0.6 is 0 Å². The lowest BCUT2D eigenvalue weighted by molar-refractivity contribution is 0.167. The van der Waals surface area contributed by atoms with Gasteiger partial charge in [-0.3, -0.25) is 10.1 Å². The summed E-state index contributed by atoms with van der Waals surface area (Å²) in [6, 6.07) is 13.4. The van der Waals surface area contributed by atoms with E-state index in [2.05, 4.69) is 25.5 Å². The summed E-state index contributed by atoms with van der Waals surface area (Å²) in [6.07, 6.45) is -0.314. The second kappa shape index (κ2) is 10.2. The minimum Gasteiger partial charge on any atom is -0.497 e. The first kappa shape index (κ1) is 24.8. The second-order valence-corrected chi connectivity index (χ2v) is 8.41. The fourth-order valence-corrected chi connectivity index (χ4v) is 4.30. The number of aromatic amines is 2. The molecule has 11 heteroatoms. The van der Waals surface area contributed by atoms with Gasteiger partial charge in [0.1, 0.15) is 17.3 Å². The summed E-state index contributed by atoms with van der Waals surface area (Å²) in [4.78, 5) is 31.5. The average Bonchev–Trinajstić information content (AvgIpc) is 3.32. The van der Waals surface area contributed by atoms with E-state index in [-0.39, 0.29) is 18.1 Å². The summed E-state index contributed by atoms with van der Waals surface area (Å²) in [6.45, 7) is 1.94. The Morgan fingerprint density at radius 2 is 1.92 bits per heavy atom. The van der Waals surface area contributed by atoms with E-state index in [1.165, 1.54) is 20.3 Å². The number of H-pyrrole nitrogens is 2. The molecule has 5 aromatic rings. The number of amides is 1. The van der Waals surface area contributed by atoms with Crippen LogP contribution in [0, 0.1) is 5.82 Å². The lowest BCUT2D eigenvalue weighted by atomic mass is 9.98. The Labute approximate surface area is 215 Å². The molecule has 1 amide bonds. The van der Waals surface area contributed by atoms with Crippen LogP contribution in [0.1, 0.15) is 18.2 Å². The number of halogens is 1. The number of hydrogen-bond donors (Lipinski definition) is 3. The maximum atomic E-state index is 15.0. The molecule has 5 rings (SSSR count). The highest BCUT2D eigenvalue weighted by Crippen LogP contribution is 2.33. The van der Waals surface area contributed by atoms with Gasteiger partial charge in [0.05, 0.1) is 48.3 Å². The molecule has 10 nitrogen and oxygen atoms in total. The van der Waals surface area contributed by atoms with Crippen LogP contribution in [-0.4, -0.2) is 47.1 Å². The van der Waals surface area contributed by atoms with Crippen LogP contribution in [-0.2, 0) is 11.2 Å². The van der Waals surface area contributed by atoms with E-state index in [4.69, 9.17) is 14.2 Å². The fraction of sp³-hybridized carbons (Fsp3) is 0.185. The Morgan fingerprint density at radius 1 is 1.08 bits per heavy atom. The number of carbonyl (C=O) groups excluding carboxylic acids is 1. The van der Waals surface area contributed by atoms with Crippen molar-refractivity contribution in [2.75, 3.05) is 26.1 Å². The van der Waals surface area contributed by atoms with Gasteiger partial charge in [0.2, 0.25) is 5.95 Å². The maximum Gasteiger partial charge on any atom is 0.413 e. The number of hydrogen-bond acceptors (Lipinski definition) is 7. The van der Waals surface area contributed by atoms with E-state index < -0.39 is 11.9 Å². The van der Waals surface area contributed by atoms with E-state index in [1.54, 1.807) is 49.4 Å². The summed E-state index contributed by atoms with van der Waals surface area (Å²) in [7, 11) is 3.02. The van der Waals surface area contributed by atoms with Gasteiger partial charge in [-0.1, -0.05) is 12.1 Å². The number of nitrogens with one attached hydrogen (secondary N) is 3. The van der Waals surface area contributed by atoms with Crippen molar-refractivity contribution in [1.82, 2.24) is 20.2 Å². The van der Waals surface area contributed by atoms with Gasteiger partial charge in [0.25, 0.3) is 5.56 Å². The van der Waals surface area contributed by atoms with Gasteiger partial charge in [0.15, 0.2) is 0 Å². The Balaban J connectivity index is 1.51.